The predicted octanol–water partition coefficient (Wildman–Crippen LogP) is 5.27. The maximum atomic E-state index is 6.28. The average molecular weight is 355 g/mol. The van der Waals surface area contributed by atoms with Crippen LogP contribution in [0.2, 0.25) is 10.0 Å². The summed E-state index contributed by atoms with van der Waals surface area (Å²) in [5.41, 5.74) is 1.96. The van der Waals surface area contributed by atoms with E-state index in [1.165, 1.54) is 0 Å². The van der Waals surface area contributed by atoms with Gasteiger partial charge in [-0.1, -0.05) is 30.1 Å². The fraction of sp³-hybridized carbons (Fsp3) is 0.250. The monoisotopic (exact) mass is 354 g/mol. The number of halogens is 2. The van der Waals surface area contributed by atoms with E-state index in [9.17, 15) is 0 Å². The number of ether oxygens (including phenoxy) is 1. The molecule has 116 valence electrons. The first-order chi connectivity index (χ1) is 10.7. The van der Waals surface area contributed by atoms with E-state index in [0.29, 0.717) is 10.0 Å². The van der Waals surface area contributed by atoms with E-state index in [4.69, 9.17) is 27.9 Å². The molecule has 1 unspecified atom stereocenters. The average Bonchev–Trinajstić information content (AvgIpc) is 3.16. The molecular weight excluding hydrogens is 339 g/mol. The van der Waals surface area contributed by atoms with E-state index < -0.39 is 0 Å². The van der Waals surface area contributed by atoms with Crippen LogP contribution in [0.5, 0.6) is 5.75 Å². The molecule has 0 saturated carbocycles. The number of benzene rings is 1. The van der Waals surface area contributed by atoms with Crippen molar-refractivity contribution in [2.75, 3.05) is 13.1 Å². The SMILES string of the molecule is CCNCC(Oc1ccc(Cl)c2[nH]cc(Cl)c12)c1ccsc1. The van der Waals surface area contributed by atoms with Gasteiger partial charge in [-0.3, -0.25) is 0 Å². The number of H-pyrrole nitrogens is 1. The summed E-state index contributed by atoms with van der Waals surface area (Å²) < 4.78 is 6.25. The molecule has 0 aliphatic rings. The number of nitrogens with one attached hydrogen (secondary N) is 2. The molecular formula is C16H16Cl2N2OS. The van der Waals surface area contributed by atoms with Crippen LogP contribution in [0.3, 0.4) is 0 Å². The van der Waals surface area contributed by atoms with Crippen LogP contribution in [0, 0.1) is 0 Å². The zero-order valence-corrected chi connectivity index (χ0v) is 14.4. The van der Waals surface area contributed by atoms with Gasteiger partial charge < -0.3 is 15.0 Å². The largest absolute Gasteiger partial charge is 0.484 e. The van der Waals surface area contributed by atoms with Crippen molar-refractivity contribution in [3.05, 3.63) is 50.8 Å². The predicted molar refractivity (Wildman–Crippen MR) is 94.6 cm³/mol. The van der Waals surface area contributed by atoms with Crippen LogP contribution in [0.25, 0.3) is 10.9 Å². The summed E-state index contributed by atoms with van der Waals surface area (Å²) in [5, 5.41) is 9.56. The lowest BCUT2D eigenvalue weighted by atomic mass is 10.2. The number of aromatic nitrogens is 1. The first-order valence-electron chi connectivity index (χ1n) is 7.05. The van der Waals surface area contributed by atoms with Crippen LogP contribution < -0.4 is 10.1 Å². The topological polar surface area (TPSA) is 37.0 Å². The Labute approximate surface area is 143 Å². The lowest BCUT2D eigenvalue weighted by Gasteiger charge is -2.19. The Balaban J connectivity index is 1.96. The smallest absolute Gasteiger partial charge is 0.137 e. The van der Waals surface area contributed by atoms with E-state index >= 15 is 0 Å². The Kier molecular flexibility index (Phi) is 4.93. The van der Waals surface area contributed by atoms with Crippen LogP contribution in [-0.4, -0.2) is 18.1 Å². The van der Waals surface area contributed by atoms with Gasteiger partial charge in [0.05, 0.1) is 20.9 Å². The van der Waals surface area contributed by atoms with Crippen LogP contribution in [0.4, 0.5) is 0 Å². The summed E-state index contributed by atoms with van der Waals surface area (Å²) in [6.07, 6.45) is 1.66. The van der Waals surface area contributed by atoms with E-state index in [0.717, 1.165) is 35.3 Å². The van der Waals surface area contributed by atoms with Gasteiger partial charge in [0.2, 0.25) is 0 Å². The molecule has 0 radical (unpaired) electrons. The van der Waals surface area contributed by atoms with E-state index in [1.54, 1.807) is 17.5 Å². The van der Waals surface area contributed by atoms with Crippen molar-refractivity contribution in [1.29, 1.82) is 0 Å². The standard InChI is InChI=1S/C16H16Cl2N2OS/c1-2-19-8-14(10-5-6-22-9-10)21-13-4-3-11(17)16-15(13)12(18)7-20-16/h3-7,9,14,19-20H,2,8H2,1H3. The highest BCUT2D eigenvalue weighted by atomic mass is 35.5. The van der Waals surface area contributed by atoms with Gasteiger partial charge in [0.25, 0.3) is 0 Å². The fourth-order valence-electron chi connectivity index (χ4n) is 2.36. The first-order valence-corrected chi connectivity index (χ1v) is 8.75. The molecule has 0 aliphatic carbocycles. The third-order valence-electron chi connectivity index (χ3n) is 3.46. The Morgan fingerprint density at radius 1 is 1.27 bits per heavy atom. The van der Waals surface area contributed by atoms with Crippen LogP contribution >= 0.6 is 34.5 Å². The Hall–Kier alpha value is -1.20. The number of thiophene rings is 1. The minimum atomic E-state index is -0.0680. The summed E-state index contributed by atoms with van der Waals surface area (Å²) >= 11 is 14.1. The number of rotatable bonds is 6. The molecule has 2 N–H and O–H groups in total. The van der Waals surface area contributed by atoms with Crippen LogP contribution in [0.1, 0.15) is 18.6 Å². The van der Waals surface area contributed by atoms with E-state index in [-0.39, 0.29) is 6.10 Å². The van der Waals surface area contributed by atoms with Crippen molar-refractivity contribution in [3.63, 3.8) is 0 Å². The van der Waals surface area contributed by atoms with Crippen molar-refractivity contribution in [2.24, 2.45) is 0 Å². The van der Waals surface area contributed by atoms with Crippen LogP contribution in [-0.2, 0) is 0 Å². The zero-order chi connectivity index (χ0) is 15.5. The van der Waals surface area contributed by atoms with Gasteiger partial charge in [-0.15, -0.1) is 0 Å². The van der Waals surface area contributed by atoms with E-state index in [2.05, 4.69) is 34.1 Å². The second-order valence-corrected chi connectivity index (χ2v) is 6.50. The van der Waals surface area contributed by atoms with Crippen molar-refractivity contribution in [3.8, 4) is 5.75 Å². The van der Waals surface area contributed by atoms with Crippen molar-refractivity contribution < 1.29 is 4.74 Å². The lowest BCUT2D eigenvalue weighted by molar-refractivity contribution is 0.206. The molecule has 3 rings (SSSR count). The molecule has 2 heterocycles. The first kappa shape index (κ1) is 15.7. The maximum absolute atomic E-state index is 6.28. The van der Waals surface area contributed by atoms with Gasteiger partial charge in [0.1, 0.15) is 11.9 Å². The number of hydrogen-bond acceptors (Lipinski definition) is 3. The molecule has 6 heteroatoms. The molecule has 3 aromatic rings. The third-order valence-corrected chi connectivity index (χ3v) is 4.78. The summed E-state index contributed by atoms with van der Waals surface area (Å²) in [4.78, 5) is 3.09. The minimum Gasteiger partial charge on any atom is -0.484 e. The van der Waals surface area contributed by atoms with Gasteiger partial charge >= 0.3 is 0 Å². The quantitative estimate of drug-likeness (QED) is 0.632. The van der Waals surface area contributed by atoms with Crippen molar-refractivity contribution in [1.82, 2.24) is 10.3 Å². The molecule has 0 spiro atoms. The molecule has 0 aliphatic heterocycles. The molecule has 0 bridgehead atoms. The van der Waals surface area contributed by atoms with Gasteiger partial charge in [-0.2, -0.15) is 11.3 Å². The second kappa shape index (κ2) is 6.92. The highest BCUT2D eigenvalue weighted by molar-refractivity contribution is 7.07. The Bertz CT molecular complexity index is 755. The summed E-state index contributed by atoms with van der Waals surface area (Å²) in [5.74, 6) is 0.736. The zero-order valence-electron chi connectivity index (χ0n) is 12.0. The Morgan fingerprint density at radius 3 is 2.86 bits per heavy atom. The van der Waals surface area contributed by atoms with Gasteiger partial charge in [-0.05, 0) is 35.5 Å². The molecule has 3 nitrogen and oxygen atoms in total. The molecule has 22 heavy (non-hydrogen) atoms. The summed E-state index contributed by atoms with van der Waals surface area (Å²) in [7, 11) is 0. The molecule has 0 saturated heterocycles. The van der Waals surface area contributed by atoms with Crippen molar-refractivity contribution in [2.45, 2.75) is 13.0 Å². The second-order valence-electron chi connectivity index (χ2n) is 4.90. The molecule has 1 atom stereocenters. The highest BCUT2D eigenvalue weighted by Crippen LogP contribution is 2.38. The highest BCUT2D eigenvalue weighted by Gasteiger charge is 2.18. The number of hydrogen-bond donors (Lipinski definition) is 2. The normalized spacial score (nSPS) is 12.7. The number of fused-ring (bicyclic) bond motifs is 1. The molecule has 2 aromatic heterocycles. The lowest BCUT2D eigenvalue weighted by Crippen LogP contribution is -2.24. The fourth-order valence-corrected chi connectivity index (χ4v) is 3.51. The Morgan fingerprint density at radius 2 is 2.14 bits per heavy atom. The van der Waals surface area contributed by atoms with Crippen molar-refractivity contribution >= 4 is 45.4 Å². The molecule has 1 aromatic carbocycles. The third kappa shape index (κ3) is 3.10. The van der Waals surface area contributed by atoms with E-state index in [1.807, 2.05) is 12.1 Å². The number of aromatic amines is 1. The van der Waals surface area contributed by atoms with Gasteiger partial charge in [0, 0.05) is 18.3 Å². The van der Waals surface area contributed by atoms with Gasteiger partial charge in [-0.25, -0.2) is 0 Å². The number of likely N-dealkylation sites (N-methyl/N-ethyl adjacent to an activating group) is 1. The molecule has 0 amide bonds. The minimum absolute atomic E-state index is 0.0680. The summed E-state index contributed by atoms with van der Waals surface area (Å²) in [6.45, 7) is 3.71. The summed E-state index contributed by atoms with van der Waals surface area (Å²) in [6, 6.07) is 5.78. The maximum Gasteiger partial charge on any atom is 0.137 e. The van der Waals surface area contributed by atoms with Crippen LogP contribution in [0.15, 0.2) is 35.2 Å². The molecule has 0 fully saturated rings. The van der Waals surface area contributed by atoms with Gasteiger partial charge in [0.15, 0.2) is 0 Å².